The van der Waals surface area contributed by atoms with Crippen LogP contribution < -0.4 is 10.6 Å². The zero-order chi connectivity index (χ0) is 19.9. The van der Waals surface area contributed by atoms with Gasteiger partial charge < -0.3 is 20.0 Å². The van der Waals surface area contributed by atoms with E-state index in [2.05, 4.69) is 10.6 Å². The predicted octanol–water partition coefficient (Wildman–Crippen LogP) is 2.36. The van der Waals surface area contributed by atoms with Crippen LogP contribution in [0.25, 0.3) is 0 Å². The molecule has 0 radical (unpaired) electrons. The highest BCUT2D eigenvalue weighted by molar-refractivity contribution is 5.92. The highest BCUT2D eigenvalue weighted by atomic mass is 16.3. The number of carbonyl (C=O) groups excluding carboxylic acids is 3. The highest BCUT2D eigenvalue weighted by Crippen LogP contribution is 2.25. The minimum atomic E-state index is -1.03. The molecule has 3 amide bonds. The van der Waals surface area contributed by atoms with Crippen LogP contribution in [0.1, 0.15) is 65.1 Å². The molecular weight excluding hydrogens is 346 g/mol. The normalized spacial score (nSPS) is 17.0. The molecule has 1 aliphatic carbocycles. The number of nitrogens with one attached hydrogen (secondary N) is 2. The lowest BCUT2D eigenvalue weighted by Gasteiger charge is -2.40. The lowest BCUT2D eigenvalue weighted by Crippen LogP contribution is -2.61. The number of carbonyl (C=O) groups is 3. The van der Waals surface area contributed by atoms with Gasteiger partial charge in [-0.1, -0.05) is 26.2 Å². The van der Waals surface area contributed by atoms with E-state index in [0.717, 1.165) is 25.7 Å². The zero-order valence-corrected chi connectivity index (χ0v) is 16.5. The Morgan fingerprint density at radius 2 is 1.96 bits per heavy atom. The van der Waals surface area contributed by atoms with E-state index in [1.165, 1.54) is 24.5 Å². The highest BCUT2D eigenvalue weighted by Gasteiger charge is 2.41. The van der Waals surface area contributed by atoms with E-state index in [-0.39, 0.29) is 36.9 Å². The van der Waals surface area contributed by atoms with Gasteiger partial charge in [-0.2, -0.15) is 0 Å². The summed E-state index contributed by atoms with van der Waals surface area (Å²) in [7, 11) is 0. The molecule has 0 bridgehead atoms. The summed E-state index contributed by atoms with van der Waals surface area (Å²) in [6.07, 6.45) is 7.39. The van der Waals surface area contributed by atoms with Crippen molar-refractivity contribution in [3.8, 4) is 0 Å². The number of nitrogens with zero attached hydrogens (tertiary/aromatic N) is 1. The molecule has 0 aromatic carbocycles. The van der Waals surface area contributed by atoms with Gasteiger partial charge >= 0.3 is 0 Å². The summed E-state index contributed by atoms with van der Waals surface area (Å²) in [5.41, 5.74) is -1.03. The molecule has 1 saturated carbocycles. The van der Waals surface area contributed by atoms with Crippen LogP contribution >= 0.6 is 0 Å². The number of amides is 3. The van der Waals surface area contributed by atoms with E-state index in [9.17, 15) is 14.4 Å². The second-order valence-electron chi connectivity index (χ2n) is 7.40. The summed E-state index contributed by atoms with van der Waals surface area (Å²) >= 11 is 0. The number of rotatable bonds is 8. The predicted molar refractivity (Wildman–Crippen MR) is 102 cm³/mol. The Kier molecular flexibility index (Phi) is 7.45. The van der Waals surface area contributed by atoms with Gasteiger partial charge in [0.2, 0.25) is 17.7 Å². The average Bonchev–Trinajstić information content (AvgIpc) is 3.17. The van der Waals surface area contributed by atoms with Gasteiger partial charge in [-0.3, -0.25) is 14.4 Å². The molecule has 0 spiro atoms. The van der Waals surface area contributed by atoms with Crippen LogP contribution in [0.4, 0.5) is 0 Å². The molecule has 0 aliphatic heterocycles. The van der Waals surface area contributed by atoms with Crippen molar-refractivity contribution >= 4 is 17.7 Å². The van der Waals surface area contributed by atoms with Crippen LogP contribution in [0.5, 0.6) is 0 Å². The van der Waals surface area contributed by atoms with E-state index >= 15 is 0 Å². The van der Waals surface area contributed by atoms with Crippen molar-refractivity contribution in [3.63, 3.8) is 0 Å². The van der Waals surface area contributed by atoms with Crippen LogP contribution in [0.3, 0.4) is 0 Å². The second kappa shape index (κ2) is 9.58. The van der Waals surface area contributed by atoms with Crippen LogP contribution in [-0.4, -0.2) is 40.7 Å². The number of hydrogen-bond donors (Lipinski definition) is 2. The molecule has 1 aliphatic rings. The van der Waals surface area contributed by atoms with Crippen molar-refractivity contribution in [3.05, 3.63) is 24.2 Å². The number of hydrogen-bond acceptors (Lipinski definition) is 4. The standard InChI is InChI=1S/C20H31N3O4/c1-4-20(3,19(26)22-16-9-6-5-7-10-16)23(14-17-11-8-12-27-17)18(25)13-21-15(2)24/h8,11-12,16H,4-7,9-10,13-14H2,1-3H3,(H,21,24)(H,22,26)/t20-/m0/s1. The van der Waals surface area contributed by atoms with Gasteiger partial charge in [0.1, 0.15) is 11.3 Å². The molecule has 2 N–H and O–H groups in total. The molecule has 0 unspecified atom stereocenters. The van der Waals surface area contributed by atoms with E-state index in [1.54, 1.807) is 19.1 Å². The van der Waals surface area contributed by atoms with Crippen molar-refractivity contribution < 1.29 is 18.8 Å². The first kappa shape index (κ1) is 21.0. The second-order valence-corrected chi connectivity index (χ2v) is 7.40. The molecular formula is C20H31N3O4. The Labute approximate surface area is 160 Å². The molecule has 7 heteroatoms. The van der Waals surface area contributed by atoms with Gasteiger partial charge in [0.15, 0.2) is 0 Å². The molecule has 2 rings (SSSR count). The number of furan rings is 1. The summed E-state index contributed by atoms with van der Waals surface area (Å²) in [6.45, 7) is 5.05. The van der Waals surface area contributed by atoms with Crippen LogP contribution in [-0.2, 0) is 20.9 Å². The fourth-order valence-corrected chi connectivity index (χ4v) is 3.45. The Bertz CT molecular complexity index is 638. The largest absolute Gasteiger partial charge is 0.467 e. The van der Waals surface area contributed by atoms with Crippen molar-refractivity contribution in [1.29, 1.82) is 0 Å². The topological polar surface area (TPSA) is 91.7 Å². The van der Waals surface area contributed by atoms with Crippen molar-refractivity contribution in [1.82, 2.24) is 15.5 Å². The van der Waals surface area contributed by atoms with E-state index < -0.39 is 5.54 Å². The molecule has 1 aromatic heterocycles. The zero-order valence-electron chi connectivity index (χ0n) is 16.5. The van der Waals surface area contributed by atoms with Crippen molar-refractivity contribution in [2.24, 2.45) is 0 Å². The van der Waals surface area contributed by atoms with Crippen LogP contribution in [0.15, 0.2) is 22.8 Å². The Hall–Kier alpha value is -2.31. The fraction of sp³-hybridized carbons (Fsp3) is 0.650. The maximum Gasteiger partial charge on any atom is 0.245 e. The summed E-state index contributed by atoms with van der Waals surface area (Å²) in [5.74, 6) is -0.160. The molecule has 27 heavy (non-hydrogen) atoms. The van der Waals surface area contributed by atoms with Gasteiger partial charge in [0.25, 0.3) is 0 Å². The summed E-state index contributed by atoms with van der Waals surface area (Å²) < 4.78 is 5.40. The summed E-state index contributed by atoms with van der Waals surface area (Å²) in [5, 5.41) is 5.67. The first-order valence-corrected chi connectivity index (χ1v) is 9.75. The Morgan fingerprint density at radius 3 is 2.52 bits per heavy atom. The minimum Gasteiger partial charge on any atom is -0.467 e. The smallest absolute Gasteiger partial charge is 0.245 e. The third-order valence-corrected chi connectivity index (χ3v) is 5.40. The molecule has 0 saturated heterocycles. The monoisotopic (exact) mass is 377 g/mol. The molecule has 150 valence electrons. The van der Waals surface area contributed by atoms with Gasteiger partial charge in [-0.05, 0) is 38.3 Å². The average molecular weight is 377 g/mol. The molecule has 1 fully saturated rings. The maximum atomic E-state index is 13.2. The fourth-order valence-electron chi connectivity index (χ4n) is 3.45. The molecule has 1 aromatic rings. The van der Waals surface area contributed by atoms with Gasteiger partial charge in [-0.15, -0.1) is 0 Å². The third-order valence-electron chi connectivity index (χ3n) is 5.40. The summed E-state index contributed by atoms with van der Waals surface area (Å²) in [6, 6.07) is 3.68. The Morgan fingerprint density at radius 1 is 1.26 bits per heavy atom. The summed E-state index contributed by atoms with van der Waals surface area (Å²) in [4.78, 5) is 38.8. The van der Waals surface area contributed by atoms with Crippen molar-refractivity contribution in [2.45, 2.75) is 77.4 Å². The molecule has 1 atom stereocenters. The Balaban J connectivity index is 2.19. The lowest BCUT2D eigenvalue weighted by molar-refractivity contribution is -0.148. The first-order chi connectivity index (χ1) is 12.9. The maximum absolute atomic E-state index is 13.2. The van der Waals surface area contributed by atoms with E-state index in [1.807, 2.05) is 6.92 Å². The molecule has 7 nitrogen and oxygen atoms in total. The minimum absolute atomic E-state index is 0.150. The SMILES string of the molecule is CC[C@@](C)(C(=O)NC1CCCCC1)N(Cc1ccco1)C(=O)CNC(C)=O. The van der Waals surface area contributed by atoms with Crippen LogP contribution in [0, 0.1) is 0 Å². The third kappa shape index (κ3) is 5.58. The van der Waals surface area contributed by atoms with Crippen molar-refractivity contribution in [2.75, 3.05) is 6.54 Å². The van der Waals surface area contributed by atoms with E-state index in [4.69, 9.17) is 4.42 Å². The quantitative estimate of drug-likeness (QED) is 0.727. The van der Waals surface area contributed by atoms with Gasteiger partial charge in [0.05, 0.1) is 19.4 Å². The molecule has 1 heterocycles. The van der Waals surface area contributed by atoms with Gasteiger partial charge in [-0.25, -0.2) is 0 Å². The van der Waals surface area contributed by atoms with Gasteiger partial charge in [0, 0.05) is 13.0 Å². The van der Waals surface area contributed by atoms with E-state index in [0.29, 0.717) is 12.2 Å². The first-order valence-electron chi connectivity index (χ1n) is 9.75. The van der Waals surface area contributed by atoms with Crippen LogP contribution in [0.2, 0.25) is 0 Å². The lowest BCUT2D eigenvalue weighted by atomic mass is 9.91.